The summed E-state index contributed by atoms with van der Waals surface area (Å²) in [4.78, 5) is 6.59. The summed E-state index contributed by atoms with van der Waals surface area (Å²) in [5.41, 5.74) is 4.48. The van der Waals surface area contributed by atoms with Crippen LogP contribution in [0.4, 0.5) is 5.69 Å². The number of aryl methyl sites for hydroxylation is 2. The van der Waals surface area contributed by atoms with Gasteiger partial charge < -0.3 is 9.47 Å². The summed E-state index contributed by atoms with van der Waals surface area (Å²) in [5.74, 6) is 0. The molecule has 11 heteroatoms. The molecule has 1 aromatic carbocycles. The molecule has 35 heavy (non-hydrogen) atoms. The van der Waals surface area contributed by atoms with Crippen LogP contribution in [-0.2, 0) is 43.6 Å². The molecular weight excluding hydrogens is 482 g/mol. The molecule has 0 aliphatic carbocycles. The monoisotopic (exact) mass is 507 g/mol. The third kappa shape index (κ3) is 4.60. The van der Waals surface area contributed by atoms with E-state index in [1.807, 2.05) is 52.8 Å². The number of anilines is 1. The van der Waals surface area contributed by atoms with Crippen molar-refractivity contribution in [1.82, 2.24) is 23.6 Å². The Balaban J connectivity index is 1.57. The van der Waals surface area contributed by atoms with Crippen molar-refractivity contribution in [3.63, 3.8) is 0 Å². The van der Waals surface area contributed by atoms with Gasteiger partial charge in [0.15, 0.2) is 0 Å². The molecule has 4 heterocycles. The van der Waals surface area contributed by atoms with Gasteiger partial charge in [-0.2, -0.15) is 26.0 Å². The van der Waals surface area contributed by atoms with Gasteiger partial charge in [0.2, 0.25) is 10.0 Å². The second-order valence-corrected chi connectivity index (χ2v) is 11.4. The molecule has 1 aliphatic rings. The Kier molecular flexibility index (Phi) is 6.19. The van der Waals surface area contributed by atoms with Crippen LogP contribution in [0, 0.1) is 11.3 Å². The van der Waals surface area contributed by atoms with Gasteiger partial charge >= 0.3 is 0 Å². The highest BCUT2D eigenvalue weighted by molar-refractivity contribution is 7.89. The number of thiophene rings is 1. The molecule has 0 saturated carbocycles. The van der Waals surface area contributed by atoms with Crippen LogP contribution in [0.3, 0.4) is 0 Å². The Morgan fingerprint density at radius 1 is 1.26 bits per heavy atom. The summed E-state index contributed by atoms with van der Waals surface area (Å²) in [5, 5.41) is 17.5. The van der Waals surface area contributed by atoms with E-state index in [1.165, 1.54) is 17.1 Å². The average molecular weight is 508 g/mol. The summed E-state index contributed by atoms with van der Waals surface area (Å²) in [7, 11) is -0.172. The fraction of sp³-hybridized carbons (Fsp3) is 0.292. The van der Waals surface area contributed by atoms with Gasteiger partial charge in [-0.3, -0.25) is 4.68 Å². The van der Waals surface area contributed by atoms with Crippen molar-refractivity contribution in [1.29, 1.82) is 5.26 Å². The number of imidazole rings is 1. The van der Waals surface area contributed by atoms with Crippen molar-refractivity contribution in [3.8, 4) is 6.07 Å². The van der Waals surface area contributed by atoms with Crippen LogP contribution in [0.5, 0.6) is 0 Å². The number of benzene rings is 1. The fourth-order valence-corrected chi connectivity index (χ4v) is 6.76. The van der Waals surface area contributed by atoms with E-state index >= 15 is 0 Å². The maximum absolute atomic E-state index is 13.9. The third-order valence-electron chi connectivity index (χ3n) is 6.32. The molecule has 0 spiro atoms. The molecule has 0 amide bonds. The number of aromatic nitrogens is 4. The molecule has 5 rings (SSSR count). The zero-order chi connectivity index (χ0) is 24.6. The zero-order valence-corrected chi connectivity index (χ0v) is 21.1. The van der Waals surface area contributed by atoms with Crippen LogP contribution in [0.1, 0.15) is 22.4 Å². The number of nitriles is 1. The normalized spacial score (nSPS) is 15.8. The highest BCUT2D eigenvalue weighted by atomic mass is 32.2. The van der Waals surface area contributed by atoms with E-state index in [0.29, 0.717) is 25.1 Å². The maximum atomic E-state index is 13.9. The summed E-state index contributed by atoms with van der Waals surface area (Å²) in [6.45, 7) is 1.34. The highest BCUT2D eigenvalue weighted by Crippen LogP contribution is 2.34. The van der Waals surface area contributed by atoms with Crippen molar-refractivity contribution in [2.45, 2.75) is 30.4 Å². The molecule has 9 nitrogen and oxygen atoms in total. The van der Waals surface area contributed by atoms with Crippen LogP contribution in [0.25, 0.3) is 0 Å². The molecule has 1 atom stereocenters. The van der Waals surface area contributed by atoms with Gasteiger partial charge in [-0.25, -0.2) is 13.4 Å². The predicted molar refractivity (Wildman–Crippen MR) is 133 cm³/mol. The molecule has 3 aromatic heterocycles. The smallest absolute Gasteiger partial charge is 0.246 e. The minimum Gasteiger partial charge on any atom is -0.364 e. The van der Waals surface area contributed by atoms with Gasteiger partial charge in [-0.1, -0.05) is 0 Å². The number of fused-ring (bicyclic) bond motifs is 1. The van der Waals surface area contributed by atoms with Crippen LogP contribution >= 0.6 is 11.3 Å². The summed E-state index contributed by atoms with van der Waals surface area (Å²) in [6, 6.07) is 9.47. The Labute approximate surface area is 208 Å². The predicted octanol–water partition coefficient (Wildman–Crippen LogP) is 2.91. The number of sulfonamides is 1. The van der Waals surface area contributed by atoms with Gasteiger partial charge in [0, 0.05) is 51.3 Å². The molecule has 0 bridgehead atoms. The lowest BCUT2D eigenvalue weighted by molar-refractivity contribution is 0.302. The van der Waals surface area contributed by atoms with E-state index in [9.17, 15) is 13.7 Å². The fourth-order valence-electron chi connectivity index (χ4n) is 4.51. The van der Waals surface area contributed by atoms with Gasteiger partial charge in [0.25, 0.3) is 0 Å². The average Bonchev–Trinajstić information content (AvgIpc) is 3.60. The number of nitrogens with zero attached hydrogens (tertiary/aromatic N) is 7. The molecule has 0 saturated heterocycles. The van der Waals surface area contributed by atoms with Crippen LogP contribution in [0.15, 0.2) is 64.8 Å². The highest BCUT2D eigenvalue weighted by Gasteiger charge is 2.37. The van der Waals surface area contributed by atoms with E-state index in [4.69, 9.17) is 0 Å². The molecule has 180 valence electrons. The summed E-state index contributed by atoms with van der Waals surface area (Å²) < 4.78 is 32.8. The van der Waals surface area contributed by atoms with E-state index < -0.39 is 10.0 Å². The first kappa shape index (κ1) is 23.3. The van der Waals surface area contributed by atoms with Gasteiger partial charge in [0.05, 0.1) is 36.4 Å². The van der Waals surface area contributed by atoms with Crippen molar-refractivity contribution in [2.24, 2.45) is 14.1 Å². The Morgan fingerprint density at radius 2 is 2.11 bits per heavy atom. The molecular formula is C24H25N7O2S2. The van der Waals surface area contributed by atoms with Crippen LogP contribution in [-0.4, -0.2) is 44.6 Å². The lowest BCUT2D eigenvalue weighted by Gasteiger charge is -2.40. The maximum Gasteiger partial charge on any atom is 0.246 e. The quantitative estimate of drug-likeness (QED) is 0.381. The molecule has 0 N–H and O–H groups in total. The Hall–Kier alpha value is -3.46. The number of rotatable bonds is 7. The molecule has 1 aliphatic heterocycles. The lowest BCUT2D eigenvalue weighted by Crippen LogP contribution is -2.50. The molecule has 0 fully saturated rings. The van der Waals surface area contributed by atoms with Crippen molar-refractivity contribution in [2.75, 3.05) is 11.4 Å². The van der Waals surface area contributed by atoms with E-state index in [1.54, 1.807) is 29.0 Å². The molecule has 1 unspecified atom stereocenters. The van der Waals surface area contributed by atoms with Crippen molar-refractivity contribution in [3.05, 3.63) is 82.3 Å². The standard InChI is InChI=1S/C24H25N7O2S2/c1-28-17-26-10-22(28)14-30-13-21(8-20-7-18(9-25)3-4-24(20)30)31(12-19-5-6-34-16-19)35(32,33)23-11-27-29(2)15-23/h3-7,10-11,15-17,21H,8,12-14H2,1-2H3. The largest absolute Gasteiger partial charge is 0.364 e. The van der Waals surface area contributed by atoms with Crippen LogP contribution in [0.2, 0.25) is 0 Å². The van der Waals surface area contributed by atoms with E-state index in [2.05, 4.69) is 21.1 Å². The van der Waals surface area contributed by atoms with Crippen molar-refractivity contribution < 1.29 is 8.42 Å². The second kappa shape index (κ2) is 9.30. The molecule has 0 radical (unpaired) electrons. The number of hydrogen-bond acceptors (Lipinski definition) is 7. The van der Waals surface area contributed by atoms with Crippen LogP contribution < -0.4 is 4.90 Å². The van der Waals surface area contributed by atoms with Crippen molar-refractivity contribution >= 4 is 27.0 Å². The topological polar surface area (TPSA) is 100 Å². The van der Waals surface area contributed by atoms with E-state index in [-0.39, 0.29) is 17.5 Å². The SMILES string of the molecule is Cn1cc(S(=O)(=O)N(Cc2ccsc2)C2Cc3cc(C#N)ccc3N(Cc3cncn3C)C2)cn1. The minimum absolute atomic E-state index is 0.171. The lowest BCUT2D eigenvalue weighted by atomic mass is 9.95. The summed E-state index contributed by atoms with van der Waals surface area (Å²) in [6.07, 6.45) is 7.02. The minimum atomic E-state index is -3.82. The first-order chi connectivity index (χ1) is 16.8. The first-order valence-corrected chi connectivity index (χ1v) is 13.5. The Bertz CT molecular complexity index is 1480. The summed E-state index contributed by atoms with van der Waals surface area (Å²) >= 11 is 1.54. The zero-order valence-electron chi connectivity index (χ0n) is 19.4. The van der Waals surface area contributed by atoms with Gasteiger partial charge in [-0.15, -0.1) is 0 Å². The van der Waals surface area contributed by atoms with E-state index in [0.717, 1.165) is 22.5 Å². The first-order valence-electron chi connectivity index (χ1n) is 11.1. The third-order valence-corrected chi connectivity index (χ3v) is 8.90. The number of hydrogen-bond donors (Lipinski definition) is 0. The second-order valence-electron chi connectivity index (χ2n) is 8.72. The Morgan fingerprint density at radius 3 is 2.77 bits per heavy atom. The van der Waals surface area contributed by atoms with Gasteiger partial charge in [0.1, 0.15) is 4.90 Å². The van der Waals surface area contributed by atoms with Gasteiger partial charge in [-0.05, 0) is 52.6 Å². The molecule has 4 aromatic rings.